The van der Waals surface area contributed by atoms with Crippen LogP contribution in [0.5, 0.6) is 0 Å². The predicted octanol–water partition coefficient (Wildman–Crippen LogP) is 2.31. The third kappa shape index (κ3) is 5.05. The minimum absolute atomic E-state index is 0.0105. The molecule has 0 aromatic carbocycles. The molecule has 0 amide bonds. The Morgan fingerprint density at radius 1 is 1.05 bits per heavy atom. The molecule has 0 saturated carbocycles. The van der Waals surface area contributed by atoms with Crippen molar-refractivity contribution in [1.82, 2.24) is 9.80 Å². The van der Waals surface area contributed by atoms with Crippen molar-refractivity contribution in [3.63, 3.8) is 0 Å². The van der Waals surface area contributed by atoms with Crippen LogP contribution >= 0.6 is 0 Å². The van der Waals surface area contributed by atoms with Gasteiger partial charge in [-0.1, -0.05) is 13.3 Å². The highest BCUT2D eigenvalue weighted by atomic mass is 15.2. The Morgan fingerprint density at radius 2 is 1.68 bits per heavy atom. The quantitative estimate of drug-likeness (QED) is 0.801. The Bertz CT molecular complexity index is 251. The number of hydrogen-bond donors (Lipinski definition) is 1. The van der Waals surface area contributed by atoms with Crippen molar-refractivity contribution in [2.75, 3.05) is 39.3 Å². The molecule has 1 atom stereocenters. The van der Waals surface area contributed by atoms with E-state index in [9.17, 15) is 0 Å². The van der Waals surface area contributed by atoms with Crippen LogP contribution in [0.3, 0.4) is 0 Å². The molecule has 112 valence electrons. The first-order valence-electron chi connectivity index (χ1n) is 8.33. The monoisotopic (exact) mass is 267 g/mol. The zero-order valence-electron chi connectivity index (χ0n) is 13.0. The van der Waals surface area contributed by atoms with E-state index in [4.69, 9.17) is 5.73 Å². The van der Waals surface area contributed by atoms with E-state index in [1.807, 2.05) is 0 Å². The molecule has 3 heteroatoms. The standard InChI is InChI=1S/C16H33N3/c1-3-8-16(2,17)14-19-11-6-15(7-12-19)13-18-9-4-5-10-18/h15H,3-14,17H2,1-2H3. The lowest BCUT2D eigenvalue weighted by molar-refractivity contribution is 0.130. The molecule has 2 heterocycles. The average Bonchev–Trinajstić information content (AvgIpc) is 2.84. The molecule has 0 spiro atoms. The Hall–Kier alpha value is -0.120. The highest BCUT2D eigenvalue weighted by molar-refractivity contribution is 4.85. The van der Waals surface area contributed by atoms with E-state index in [-0.39, 0.29) is 5.54 Å². The molecule has 2 aliphatic heterocycles. The first-order chi connectivity index (χ1) is 9.09. The highest BCUT2D eigenvalue weighted by Crippen LogP contribution is 2.22. The number of hydrogen-bond acceptors (Lipinski definition) is 3. The summed E-state index contributed by atoms with van der Waals surface area (Å²) in [6.45, 7) is 12.1. The van der Waals surface area contributed by atoms with Crippen LogP contribution in [-0.4, -0.2) is 54.6 Å². The Balaban J connectivity index is 1.67. The summed E-state index contributed by atoms with van der Waals surface area (Å²) < 4.78 is 0. The molecule has 0 bridgehead atoms. The maximum Gasteiger partial charge on any atom is 0.0254 e. The van der Waals surface area contributed by atoms with Crippen LogP contribution in [0.1, 0.15) is 52.4 Å². The Kier molecular flexibility index (Phi) is 5.67. The van der Waals surface area contributed by atoms with Gasteiger partial charge in [-0.05, 0) is 71.1 Å². The molecule has 0 aromatic rings. The van der Waals surface area contributed by atoms with E-state index in [0.29, 0.717) is 0 Å². The van der Waals surface area contributed by atoms with Crippen LogP contribution in [-0.2, 0) is 0 Å². The fourth-order valence-corrected chi connectivity index (χ4v) is 3.82. The van der Waals surface area contributed by atoms with Gasteiger partial charge in [-0.3, -0.25) is 0 Å². The molecular formula is C16H33N3. The molecule has 2 aliphatic rings. The SMILES string of the molecule is CCCC(C)(N)CN1CCC(CN2CCCC2)CC1. The fraction of sp³-hybridized carbons (Fsp3) is 1.00. The van der Waals surface area contributed by atoms with Gasteiger partial charge >= 0.3 is 0 Å². The van der Waals surface area contributed by atoms with Crippen LogP contribution in [0.2, 0.25) is 0 Å². The Labute approximate surface area is 119 Å². The van der Waals surface area contributed by atoms with Crippen LogP contribution < -0.4 is 5.73 Å². The maximum absolute atomic E-state index is 6.37. The van der Waals surface area contributed by atoms with E-state index in [0.717, 1.165) is 18.9 Å². The molecular weight excluding hydrogens is 234 g/mol. The lowest BCUT2D eigenvalue weighted by Crippen LogP contribution is -2.50. The van der Waals surface area contributed by atoms with E-state index in [1.54, 1.807) is 0 Å². The zero-order valence-corrected chi connectivity index (χ0v) is 13.0. The van der Waals surface area contributed by atoms with E-state index in [2.05, 4.69) is 23.6 Å². The van der Waals surface area contributed by atoms with Crippen LogP contribution in [0.25, 0.3) is 0 Å². The molecule has 2 rings (SSSR count). The first kappa shape index (κ1) is 15.3. The summed E-state index contributed by atoms with van der Waals surface area (Å²) in [4.78, 5) is 5.26. The van der Waals surface area contributed by atoms with Crippen molar-refractivity contribution in [3.05, 3.63) is 0 Å². The van der Waals surface area contributed by atoms with Gasteiger partial charge in [-0.25, -0.2) is 0 Å². The molecule has 3 nitrogen and oxygen atoms in total. The summed E-state index contributed by atoms with van der Waals surface area (Å²) in [5, 5.41) is 0. The van der Waals surface area contributed by atoms with Crippen molar-refractivity contribution in [2.45, 2.75) is 57.9 Å². The van der Waals surface area contributed by atoms with Gasteiger partial charge in [-0.2, -0.15) is 0 Å². The molecule has 0 radical (unpaired) electrons. The second kappa shape index (κ2) is 7.05. The second-order valence-corrected chi connectivity index (χ2v) is 7.13. The normalized spacial score (nSPS) is 26.7. The summed E-state index contributed by atoms with van der Waals surface area (Å²) in [5.74, 6) is 0.935. The molecule has 1 unspecified atom stereocenters. The zero-order chi connectivity index (χ0) is 13.7. The third-order valence-corrected chi connectivity index (χ3v) is 4.83. The third-order valence-electron chi connectivity index (χ3n) is 4.83. The number of piperidine rings is 1. The number of nitrogens with two attached hydrogens (primary N) is 1. The largest absolute Gasteiger partial charge is 0.324 e. The van der Waals surface area contributed by atoms with Gasteiger partial charge in [0, 0.05) is 18.6 Å². The first-order valence-corrected chi connectivity index (χ1v) is 8.33. The molecule has 2 N–H and O–H groups in total. The summed E-state index contributed by atoms with van der Waals surface area (Å²) in [6.07, 6.45) is 7.92. The number of rotatable bonds is 6. The summed E-state index contributed by atoms with van der Waals surface area (Å²) in [5.41, 5.74) is 6.39. The van der Waals surface area contributed by atoms with Gasteiger partial charge in [0.1, 0.15) is 0 Å². The van der Waals surface area contributed by atoms with E-state index < -0.39 is 0 Å². The van der Waals surface area contributed by atoms with Gasteiger partial charge < -0.3 is 15.5 Å². The van der Waals surface area contributed by atoms with Crippen LogP contribution in [0.4, 0.5) is 0 Å². The van der Waals surface area contributed by atoms with Gasteiger partial charge in [-0.15, -0.1) is 0 Å². The van der Waals surface area contributed by atoms with E-state index >= 15 is 0 Å². The second-order valence-electron chi connectivity index (χ2n) is 7.13. The summed E-state index contributed by atoms with van der Waals surface area (Å²) >= 11 is 0. The highest BCUT2D eigenvalue weighted by Gasteiger charge is 2.26. The molecule has 0 aromatic heterocycles. The van der Waals surface area contributed by atoms with Crippen molar-refractivity contribution in [1.29, 1.82) is 0 Å². The minimum Gasteiger partial charge on any atom is -0.324 e. The molecule has 19 heavy (non-hydrogen) atoms. The van der Waals surface area contributed by atoms with Gasteiger partial charge in [0.15, 0.2) is 0 Å². The maximum atomic E-state index is 6.37. The Morgan fingerprint density at radius 3 is 2.26 bits per heavy atom. The minimum atomic E-state index is 0.0105. The number of nitrogens with zero attached hydrogens (tertiary/aromatic N) is 2. The lowest BCUT2D eigenvalue weighted by Gasteiger charge is -2.38. The smallest absolute Gasteiger partial charge is 0.0254 e. The van der Waals surface area contributed by atoms with Crippen molar-refractivity contribution < 1.29 is 0 Å². The topological polar surface area (TPSA) is 32.5 Å². The van der Waals surface area contributed by atoms with Gasteiger partial charge in [0.2, 0.25) is 0 Å². The summed E-state index contributed by atoms with van der Waals surface area (Å²) in [7, 11) is 0. The van der Waals surface area contributed by atoms with Crippen molar-refractivity contribution in [3.8, 4) is 0 Å². The van der Waals surface area contributed by atoms with Gasteiger partial charge in [0.05, 0.1) is 0 Å². The number of likely N-dealkylation sites (tertiary alicyclic amines) is 2. The molecule has 0 aliphatic carbocycles. The fourth-order valence-electron chi connectivity index (χ4n) is 3.82. The average molecular weight is 267 g/mol. The van der Waals surface area contributed by atoms with Crippen molar-refractivity contribution in [2.24, 2.45) is 11.7 Å². The van der Waals surface area contributed by atoms with Crippen molar-refractivity contribution >= 4 is 0 Å². The van der Waals surface area contributed by atoms with Crippen LogP contribution in [0, 0.1) is 5.92 Å². The van der Waals surface area contributed by atoms with Crippen LogP contribution in [0.15, 0.2) is 0 Å². The molecule has 2 fully saturated rings. The lowest BCUT2D eigenvalue weighted by atomic mass is 9.92. The summed E-state index contributed by atoms with van der Waals surface area (Å²) in [6, 6.07) is 0. The predicted molar refractivity (Wildman–Crippen MR) is 82.3 cm³/mol. The van der Waals surface area contributed by atoms with Gasteiger partial charge in [0.25, 0.3) is 0 Å². The molecule has 2 saturated heterocycles. The van der Waals surface area contributed by atoms with E-state index in [1.165, 1.54) is 64.8 Å².